The van der Waals surface area contributed by atoms with Crippen molar-refractivity contribution < 1.29 is 28.6 Å². The summed E-state index contributed by atoms with van der Waals surface area (Å²) in [7, 11) is 0. The highest BCUT2D eigenvalue weighted by Gasteiger charge is 2.19. The van der Waals surface area contributed by atoms with Crippen LogP contribution in [0.1, 0.15) is 374 Å². The number of hydrogen-bond acceptors (Lipinski definition) is 6. The minimum absolute atomic E-state index is 0.0706. The van der Waals surface area contributed by atoms with E-state index in [2.05, 4.69) is 45.1 Å². The maximum absolute atomic E-state index is 12.9. The van der Waals surface area contributed by atoms with Crippen molar-refractivity contribution in [2.75, 3.05) is 13.2 Å². The molecule has 0 N–H and O–H groups in total. The summed E-state index contributed by atoms with van der Waals surface area (Å²) in [5.41, 5.74) is 0. The summed E-state index contributed by atoms with van der Waals surface area (Å²) in [6.07, 6.45) is 76.2. The minimum atomic E-state index is -0.774. The molecule has 0 aromatic rings. The van der Waals surface area contributed by atoms with E-state index in [-0.39, 0.29) is 31.1 Å². The second-order valence-corrected chi connectivity index (χ2v) is 22.7. The number of hydrogen-bond donors (Lipinski definition) is 0. The molecule has 1 atom stereocenters. The molecule has 0 heterocycles. The SMILES string of the molecule is CCCCCCC/C=C\CCCCCCCC(=O)OCC(COC(=O)CCCCCCCCCCCCCCCCCCCCCCCCCC)OC(=O)CCCCCCCCC/C=C\CCCCCCCCC. The lowest BCUT2D eigenvalue weighted by atomic mass is 10.0. The minimum Gasteiger partial charge on any atom is -0.462 e. The van der Waals surface area contributed by atoms with E-state index in [9.17, 15) is 14.4 Å². The number of esters is 3. The highest BCUT2D eigenvalue weighted by atomic mass is 16.6. The van der Waals surface area contributed by atoms with Crippen LogP contribution in [-0.4, -0.2) is 37.2 Å². The van der Waals surface area contributed by atoms with Gasteiger partial charge in [-0.3, -0.25) is 14.4 Å². The van der Waals surface area contributed by atoms with E-state index in [1.165, 1.54) is 270 Å². The van der Waals surface area contributed by atoms with Crippen LogP contribution in [0.15, 0.2) is 24.3 Å². The van der Waals surface area contributed by atoms with Crippen LogP contribution in [-0.2, 0) is 28.6 Å². The van der Waals surface area contributed by atoms with Crippen molar-refractivity contribution in [1.29, 1.82) is 0 Å². The fourth-order valence-corrected chi connectivity index (χ4v) is 10.1. The molecule has 0 aromatic heterocycles. The normalized spacial score (nSPS) is 12.1. The average molecular weight is 1040 g/mol. The van der Waals surface area contributed by atoms with Crippen LogP contribution in [0.25, 0.3) is 0 Å². The first-order chi connectivity index (χ1) is 36.5. The summed E-state index contributed by atoms with van der Waals surface area (Å²) in [5, 5.41) is 0. The van der Waals surface area contributed by atoms with Gasteiger partial charge in [-0.1, -0.05) is 308 Å². The molecular weight excluding hydrogens is 913 g/mol. The Morgan fingerprint density at radius 2 is 0.446 bits per heavy atom. The van der Waals surface area contributed by atoms with Crippen LogP contribution in [0.2, 0.25) is 0 Å². The molecule has 0 rings (SSSR count). The number of ether oxygens (including phenoxy) is 3. The zero-order valence-corrected chi connectivity index (χ0v) is 50.1. The van der Waals surface area contributed by atoms with Gasteiger partial charge in [-0.25, -0.2) is 0 Å². The third kappa shape index (κ3) is 60.8. The second-order valence-electron chi connectivity index (χ2n) is 22.7. The summed E-state index contributed by atoms with van der Waals surface area (Å²) in [4.78, 5) is 38.3. The molecule has 0 saturated heterocycles. The zero-order chi connectivity index (χ0) is 53.6. The first-order valence-electron chi connectivity index (χ1n) is 33.3. The maximum Gasteiger partial charge on any atom is 0.306 e. The second kappa shape index (κ2) is 63.4. The summed E-state index contributed by atoms with van der Waals surface area (Å²) < 4.78 is 17.0. The largest absolute Gasteiger partial charge is 0.462 e. The molecule has 0 fully saturated rings. The van der Waals surface area contributed by atoms with Crippen molar-refractivity contribution in [3.63, 3.8) is 0 Å². The topological polar surface area (TPSA) is 78.9 Å². The number of carbonyl (C=O) groups is 3. The van der Waals surface area contributed by atoms with E-state index < -0.39 is 6.10 Å². The third-order valence-electron chi connectivity index (χ3n) is 15.2. The van der Waals surface area contributed by atoms with Crippen LogP contribution in [0, 0.1) is 0 Å². The summed E-state index contributed by atoms with van der Waals surface area (Å²) in [6.45, 7) is 6.69. The monoisotopic (exact) mass is 1040 g/mol. The molecule has 0 spiro atoms. The highest BCUT2D eigenvalue weighted by Crippen LogP contribution is 2.18. The van der Waals surface area contributed by atoms with Crippen LogP contribution < -0.4 is 0 Å². The van der Waals surface area contributed by atoms with Crippen molar-refractivity contribution in [1.82, 2.24) is 0 Å². The predicted molar refractivity (Wildman–Crippen MR) is 321 cm³/mol. The van der Waals surface area contributed by atoms with E-state index in [1.807, 2.05) is 0 Å². The number of unbranched alkanes of at least 4 members (excludes halogenated alkanes) is 47. The molecule has 0 aliphatic carbocycles. The Bertz CT molecular complexity index is 1190. The molecule has 0 aromatic carbocycles. The molecule has 6 nitrogen and oxygen atoms in total. The Morgan fingerprint density at radius 1 is 0.257 bits per heavy atom. The van der Waals surface area contributed by atoms with E-state index in [1.54, 1.807) is 0 Å². The zero-order valence-electron chi connectivity index (χ0n) is 50.1. The lowest BCUT2D eigenvalue weighted by Gasteiger charge is -2.18. The number of carbonyl (C=O) groups excluding carboxylic acids is 3. The Kier molecular flexibility index (Phi) is 61.6. The van der Waals surface area contributed by atoms with E-state index >= 15 is 0 Å². The Balaban J connectivity index is 4.26. The fourth-order valence-electron chi connectivity index (χ4n) is 10.1. The fraction of sp³-hybridized carbons (Fsp3) is 0.897. The molecule has 436 valence electrons. The van der Waals surface area contributed by atoms with Crippen molar-refractivity contribution in [3.8, 4) is 0 Å². The maximum atomic E-state index is 12.9. The van der Waals surface area contributed by atoms with E-state index in [0.717, 1.165) is 64.2 Å². The molecule has 74 heavy (non-hydrogen) atoms. The van der Waals surface area contributed by atoms with Crippen LogP contribution >= 0.6 is 0 Å². The van der Waals surface area contributed by atoms with Gasteiger partial charge in [0.05, 0.1) is 0 Å². The van der Waals surface area contributed by atoms with Crippen molar-refractivity contribution in [3.05, 3.63) is 24.3 Å². The lowest BCUT2D eigenvalue weighted by molar-refractivity contribution is -0.167. The lowest BCUT2D eigenvalue weighted by Crippen LogP contribution is -2.30. The van der Waals surface area contributed by atoms with Crippen molar-refractivity contribution in [2.24, 2.45) is 0 Å². The van der Waals surface area contributed by atoms with Crippen LogP contribution in [0.5, 0.6) is 0 Å². The van der Waals surface area contributed by atoms with Gasteiger partial charge in [-0.2, -0.15) is 0 Å². The van der Waals surface area contributed by atoms with Gasteiger partial charge in [-0.05, 0) is 70.6 Å². The number of rotatable bonds is 62. The molecular formula is C68H128O6. The van der Waals surface area contributed by atoms with Gasteiger partial charge in [-0.15, -0.1) is 0 Å². The Labute approximate surface area is 462 Å². The summed E-state index contributed by atoms with van der Waals surface area (Å²) in [5.74, 6) is -0.857. The van der Waals surface area contributed by atoms with Gasteiger partial charge < -0.3 is 14.2 Å². The molecule has 0 saturated carbocycles. The first kappa shape index (κ1) is 71.9. The van der Waals surface area contributed by atoms with Gasteiger partial charge in [0.25, 0.3) is 0 Å². The van der Waals surface area contributed by atoms with Gasteiger partial charge in [0, 0.05) is 19.3 Å². The quantitative estimate of drug-likeness (QED) is 0.0261. The molecule has 0 bridgehead atoms. The Morgan fingerprint density at radius 3 is 0.676 bits per heavy atom. The third-order valence-corrected chi connectivity index (χ3v) is 15.2. The molecule has 1 unspecified atom stereocenters. The summed E-state index contributed by atoms with van der Waals surface area (Å²) >= 11 is 0. The van der Waals surface area contributed by atoms with Gasteiger partial charge >= 0.3 is 17.9 Å². The summed E-state index contributed by atoms with van der Waals surface area (Å²) in [6, 6.07) is 0. The van der Waals surface area contributed by atoms with Gasteiger partial charge in [0.2, 0.25) is 0 Å². The van der Waals surface area contributed by atoms with E-state index in [0.29, 0.717) is 19.3 Å². The standard InChI is InChI=1S/C68H128O6/c1-4-7-10-13-16-19-22-25-28-30-32-33-34-35-36-37-39-40-43-46-49-52-55-58-61-67(70)73-64-65(63-72-66(69)60-57-54-51-48-45-42-27-24-21-18-15-12-9-6-3)74-68(71)62-59-56-53-50-47-44-41-38-31-29-26-23-20-17-14-11-8-5-2/h24,27,29,31,65H,4-23,25-26,28,30,32-64H2,1-3H3/b27-24-,31-29-. The van der Waals surface area contributed by atoms with Crippen LogP contribution in [0.3, 0.4) is 0 Å². The molecule has 0 aliphatic heterocycles. The highest BCUT2D eigenvalue weighted by molar-refractivity contribution is 5.71. The van der Waals surface area contributed by atoms with Crippen LogP contribution in [0.4, 0.5) is 0 Å². The Hall–Kier alpha value is -2.11. The van der Waals surface area contributed by atoms with Gasteiger partial charge in [0.15, 0.2) is 6.10 Å². The van der Waals surface area contributed by atoms with Crippen molar-refractivity contribution >= 4 is 17.9 Å². The molecule has 0 amide bonds. The van der Waals surface area contributed by atoms with Crippen molar-refractivity contribution in [2.45, 2.75) is 380 Å². The first-order valence-corrected chi connectivity index (χ1v) is 33.3. The van der Waals surface area contributed by atoms with Gasteiger partial charge in [0.1, 0.15) is 13.2 Å². The number of allylic oxidation sites excluding steroid dienone is 4. The smallest absolute Gasteiger partial charge is 0.306 e. The predicted octanol–water partition coefficient (Wildman–Crippen LogP) is 22.6. The average Bonchev–Trinajstić information content (AvgIpc) is 3.40. The molecule has 6 heteroatoms. The molecule has 0 radical (unpaired) electrons. The molecule has 0 aliphatic rings. The van der Waals surface area contributed by atoms with E-state index in [4.69, 9.17) is 14.2 Å².